The molecule has 0 bridgehead atoms. The molecule has 16 heavy (non-hydrogen) atoms. The Labute approximate surface area is 98.9 Å². The molecule has 0 fully saturated rings. The second kappa shape index (κ2) is 3.83. The number of nitrogens with one attached hydrogen (secondary N) is 1. The van der Waals surface area contributed by atoms with Gasteiger partial charge in [-0.1, -0.05) is 29.8 Å². The van der Waals surface area contributed by atoms with E-state index in [4.69, 9.17) is 4.74 Å². The van der Waals surface area contributed by atoms with Crippen LogP contribution in [0.1, 0.15) is 17.2 Å². The van der Waals surface area contributed by atoms with E-state index < -0.39 is 0 Å². The predicted molar refractivity (Wildman–Crippen MR) is 67.4 cm³/mol. The summed E-state index contributed by atoms with van der Waals surface area (Å²) in [6, 6.07) is 10.5. The minimum absolute atomic E-state index is 0.127. The van der Waals surface area contributed by atoms with Crippen molar-refractivity contribution in [2.24, 2.45) is 0 Å². The zero-order chi connectivity index (χ0) is 11.0. The molecule has 3 heteroatoms. The summed E-state index contributed by atoms with van der Waals surface area (Å²) < 4.78 is 5.96. The van der Waals surface area contributed by atoms with Crippen molar-refractivity contribution in [3.8, 4) is 5.75 Å². The molecular formula is C13H13NOS. The van der Waals surface area contributed by atoms with Crippen LogP contribution in [0.4, 0.5) is 5.00 Å². The van der Waals surface area contributed by atoms with Gasteiger partial charge < -0.3 is 10.1 Å². The van der Waals surface area contributed by atoms with Crippen LogP contribution in [0, 0.1) is 6.92 Å². The lowest BCUT2D eigenvalue weighted by molar-refractivity contribution is 0.212. The Balaban J connectivity index is 1.88. The monoisotopic (exact) mass is 231 g/mol. The molecule has 1 aliphatic heterocycles. The zero-order valence-corrected chi connectivity index (χ0v) is 9.88. The number of aryl methyl sites for hydroxylation is 1. The molecular weight excluding hydrogens is 218 g/mol. The molecule has 0 aliphatic carbocycles. The minimum atomic E-state index is 0.127. The van der Waals surface area contributed by atoms with E-state index in [9.17, 15) is 0 Å². The summed E-state index contributed by atoms with van der Waals surface area (Å²) in [5.41, 5.74) is 2.52. The molecule has 0 amide bonds. The largest absolute Gasteiger partial charge is 0.481 e. The first-order valence-corrected chi connectivity index (χ1v) is 6.25. The van der Waals surface area contributed by atoms with Gasteiger partial charge in [0.15, 0.2) is 5.75 Å². The van der Waals surface area contributed by atoms with Crippen molar-refractivity contribution in [2.45, 2.75) is 13.0 Å². The Morgan fingerprint density at radius 2 is 2.31 bits per heavy atom. The average molecular weight is 231 g/mol. The quantitative estimate of drug-likeness (QED) is 0.809. The van der Waals surface area contributed by atoms with Crippen molar-refractivity contribution in [2.75, 3.05) is 11.9 Å². The standard InChI is InChI=1S/C13H13NOS/c1-9-3-2-4-10(7-9)12-8-14-13-11(15-12)5-6-16-13/h2-7,12,14H,8H2,1H3. The van der Waals surface area contributed by atoms with E-state index in [0.29, 0.717) is 0 Å². The van der Waals surface area contributed by atoms with Crippen molar-refractivity contribution in [1.82, 2.24) is 0 Å². The van der Waals surface area contributed by atoms with Gasteiger partial charge in [0.05, 0.1) is 6.54 Å². The Bertz CT molecular complexity index is 506. The van der Waals surface area contributed by atoms with Crippen molar-refractivity contribution < 1.29 is 4.74 Å². The topological polar surface area (TPSA) is 21.3 Å². The van der Waals surface area contributed by atoms with E-state index in [2.05, 4.69) is 41.9 Å². The summed E-state index contributed by atoms with van der Waals surface area (Å²) in [5.74, 6) is 0.975. The Morgan fingerprint density at radius 3 is 3.19 bits per heavy atom. The number of anilines is 1. The van der Waals surface area contributed by atoms with Crippen LogP contribution >= 0.6 is 11.3 Å². The fourth-order valence-electron chi connectivity index (χ4n) is 1.96. The van der Waals surface area contributed by atoms with Crippen molar-refractivity contribution in [3.63, 3.8) is 0 Å². The van der Waals surface area contributed by atoms with E-state index in [1.165, 1.54) is 11.1 Å². The number of rotatable bonds is 1. The number of fused-ring (bicyclic) bond motifs is 1. The molecule has 1 aromatic heterocycles. The van der Waals surface area contributed by atoms with Crippen LogP contribution in [0.15, 0.2) is 35.7 Å². The van der Waals surface area contributed by atoms with Crippen LogP contribution < -0.4 is 10.1 Å². The smallest absolute Gasteiger partial charge is 0.154 e. The number of benzene rings is 1. The molecule has 1 unspecified atom stereocenters. The molecule has 1 atom stereocenters. The second-order valence-electron chi connectivity index (χ2n) is 4.02. The van der Waals surface area contributed by atoms with Gasteiger partial charge in [-0.3, -0.25) is 0 Å². The van der Waals surface area contributed by atoms with Crippen LogP contribution in [-0.2, 0) is 0 Å². The molecule has 0 radical (unpaired) electrons. The Kier molecular flexibility index (Phi) is 2.33. The van der Waals surface area contributed by atoms with Crippen molar-refractivity contribution in [3.05, 3.63) is 46.8 Å². The summed E-state index contributed by atoms with van der Waals surface area (Å²) >= 11 is 1.69. The molecule has 0 spiro atoms. The molecule has 82 valence electrons. The van der Waals surface area contributed by atoms with Gasteiger partial charge in [0.25, 0.3) is 0 Å². The van der Waals surface area contributed by atoms with E-state index in [1.54, 1.807) is 11.3 Å². The predicted octanol–water partition coefficient (Wildman–Crippen LogP) is 3.60. The highest BCUT2D eigenvalue weighted by atomic mass is 32.1. The van der Waals surface area contributed by atoms with Crippen LogP contribution in [0.3, 0.4) is 0 Å². The van der Waals surface area contributed by atoms with Gasteiger partial charge in [0, 0.05) is 0 Å². The van der Waals surface area contributed by atoms with Gasteiger partial charge in [0.2, 0.25) is 0 Å². The molecule has 3 rings (SSSR count). The van der Waals surface area contributed by atoms with Crippen molar-refractivity contribution in [1.29, 1.82) is 0 Å². The van der Waals surface area contributed by atoms with Gasteiger partial charge >= 0.3 is 0 Å². The normalized spacial score (nSPS) is 18.4. The molecule has 2 nitrogen and oxygen atoms in total. The van der Waals surface area contributed by atoms with Gasteiger partial charge in [-0.25, -0.2) is 0 Å². The third-order valence-electron chi connectivity index (χ3n) is 2.76. The fourth-order valence-corrected chi connectivity index (χ4v) is 2.68. The summed E-state index contributed by atoms with van der Waals surface area (Å²) in [4.78, 5) is 0. The number of ether oxygens (including phenoxy) is 1. The van der Waals surface area contributed by atoms with Crippen LogP contribution in [-0.4, -0.2) is 6.54 Å². The lowest BCUT2D eigenvalue weighted by atomic mass is 10.1. The lowest BCUT2D eigenvalue weighted by Crippen LogP contribution is -2.22. The Hall–Kier alpha value is -1.48. The highest BCUT2D eigenvalue weighted by Gasteiger charge is 2.21. The highest BCUT2D eigenvalue weighted by molar-refractivity contribution is 7.14. The van der Waals surface area contributed by atoms with Crippen LogP contribution in [0.2, 0.25) is 0 Å². The molecule has 1 aliphatic rings. The van der Waals surface area contributed by atoms with Gasteiger partial charge in [-0.05, 0) is 23.9 Å². The maximum absolute atomic E-state index is 5.96. The Morgan fingerprint density at radius 1 is 1.38 bits per heavy atom. The number of thiophene rings is 1. The third-order valence-corrected chi connectivity index (χ3v) is 3.61. The first kappa shape index (κ1) is 9.73. The van der Waals surface area contributed by atoms with Gasteiger partial charge in [-0.15, -0.1) is 11.3 Å². The maximum atomic E-state index is 5.96. The molecule has 1 N–H and O–H groups in total. The minimum Gasteiger partial charge on any atom is -0.481 e. The van der Waals surface area contributed by atoms with Crippen LogP contribution in [0.25, 0.3) is 0 Å². The van der Waals surface area contributed by atoms with Crippen molar-refractivity contribution >= 4 is 16.3 Å². The molecule has 0 saturated carbocycles. The first-order valence-electron chi connectivity index (χ1n) is 5.37. The van der Waals surface area contributed by atoms with Gasteiger partial charge in [-0.2, -0.15) is 0 Å². The van der Waals surface area contributed by atoms with Gasteiger partial charge in [0.1, 0.15) is 11.1 Å². The summed E-state index contributed by atoms with van der Waals surface area (Å²) in [6.07, 6.45) is 0.127. The zero-order valence-electron chi connectivity index (χ0n) is 9.07. The third kappa shape index (κ3) is 1.67. The highest BCUT2D eigenvalue weighted by Crippen LogP contribution is 2.38. The van der Waals surface area contributed by atoms with E-state index >= 15 is 0 Å². The lowest BCUT2D eigenvalue weighted by Gasteiger charge is -2.25. The summed E-state index contributed by atoms with van der Waals surface area (Å²) in [7, 11) is 0. The maximum Gasteiger partial charge on any atom is 0.154 e. The number of hydrogen-bond acceptors (Lipinski definition) is 3. The van der Waals surface area contributed by atoms with E-state index in [1.807, 2.05) is 6.07 Å². The summed E-state index contributed by atoms with van der Waals surface area (Å²) in [5, 5.41) is 6.60. The van der Waals surface area contributed by atoms with Crippen LogP contribution in [0.5, 0.6) is 5.75 Å². The molecule has 1 aromatic carbocycles. The molecule has 2 heterocycles. The molecule has 2 aromatic rings. The average Bonchev–Trinajstić information content (AvgIpc) is 2.75. The molecule has 0 saturated heterocycles. The summed E-state index contributed by atoms with van der Waals surface area (Å²) in [6.45, 7) is 2.95. The number of hydrogen-bond donors (Lipinski definition) is 1. The van der Waals surface area contributed by atoms with E-state index in [-0.39, 0.29) is 6.10 Å². The first-order chi connectivity index (χ1) is 7.83. The van der Waals surface area contributed by atoms with E-state index in [0.717, 1.165) is 17.3 Å². The fraction of sp³-hybridized carbons (Fsp3) is 0.231. The SMILES string of the molecule is Cc1cccc(C2CNc3sccc3O2)c1. The second-order valence-corrected chi connectivity index (χ2v) is 4.93.